The average molecular weight is 429 g/mol. The second-order valence-corrected chi connectivity index (χ2v) is 8.38. The largest absolute Gasteiger partial charge is 0.370 e. The van der Waals surface area contributed by atoms with Crippen molar-refractivity contribution in [2.75, 3.05) is 0 Å². The van der Waals surface area contributed by atoms with Crippen molar-refractivity contribution in [3.05, 3.63) is 120 Å². The Labute approximate surface area is 191 Å². The molecule has 4 atom stereocenters. The van der Waals surface area contributed by atoms with Crippen LogP contribution >= 0.6 is 0 Å². The molecular formula is C29H32O3. The molecule has 0 N–H and O–H groups in total. The molecule has 0 radical (unpaired) electrons. The van der Waals surface area contributed by atoms with Crippen molar-refractivity contribution in [3.63, 3.8) is 0 Å². The first-order chi connectivity index (χ1) is 15.8. The smallest absolute Gasteiger partial charge is 0.111 e. The second kappa shape index (κ2) is 11.8. The van der Waals surface area contributed by atoms with E-state index in [9.17, 15) is 0 Å². The first-order valence-corrected chi connectivity index (χ1v) is 11.4. The highest BCUT2D eigenvalue weighted by Gasteiger charge is 2.36. The van der Waals surface area contributed by atoms with Gasteiger partial charge in [-0.25, -0.2) is 0 Å². The van der Waals surface area contributed by atoms with Crippen LogP contribution in [0.3, 0.4) is 0 Å². The van der Waals surface area contributed by atoms with Crippen LogP contribution in [0.4, 0.5) is 0 Å². The van der Waals surface area contributed by atoms with Gasteiger partial charge in [-0.3, -0.25) is 0 Å². The number of rotatable bonds is 9. The Morgan fingerprint density at radius 3 is 1.53 bits per heavy atom. The van der Waals surface area contributed by atoms with Crippen LogP contribution in [-0.4, -0.2) is 18.3 Å². The van der Waals surface area contributed by atoms with Gasteiger partial charge in [-0.05, 0) is 23.1 Å². The predicted octanol–water partition coefficient (Wildman–Crippen LogP) is 6.34. The minimum Gasteiger partial charge on any atom is -0.370 e. The maximum Gasteiger partial charge on any atom is 0.111 e. The van der Waals surface area contributed by atoms with Gasteiger partial charge in [-0.2, -0.15) is 0 Å². The van der Waals surface area contributed by atoms with Gasteiger partial charge in [0, 0.05) is 5.92 Å². The number of ether oxygens (including phenoxy) is 3. The minimum absolute atomic E-state index is 0.0825. The molecule has 32 heavy (non-hydrogen) atoms. The number of benzene rings is 3. The molecule has 3 aromatic carbocycles. The average Bonchev–Trinajstić information content (AvgIpc) is 3.00. The quantitative estimate of drug-likeness (QED) is 0.372. The Balaban J connectivity index is 1.51. The van der Waals surface area contributed by atoms with Gasteiger partial charge >= 0.3 is 0 Å². The van der Waals surface area contributed by atoms with Crippen LogP contribution in [0, 0.1) is 5.92 Å². The zero-order valence-electron chi connectivity index (χ0n) is 18.7. The van der Waals surface area contributed by atoms with Gasteiger partial charge in [0.15, 0.2) is 0 Å². The summed E-state index contributed by atoms with van der Waals surface area (Å²) in [5.41, 5.74) is 3.48. The van der Waals surface area contributed by atoms with Crippen molar-refractivity contribution in [1.29, 1.82) is 0 Å². The van der Waals surface area contributed by atoms with E-state index in [4.69, 9.17) is 14.2 Å². The summed E-state index contributed by atoms with van der Waals surface area (Å²) >= 11 is 0. The van der Waals surface area contributed by atoms with Crippen molar-refractivity contribution in [3.8, 4) is 0 Å². The Kier molecular flexibility index (Phi) is 8.27. The van der Waals surface area contributed by atoms with Gasteiger partial charge in [-0.15, -0.1) is 0 Å². The van der Waals surface area contributed by atoms with Gasteiger partial charge in [0.25, 0.3) is 0 Å². The molecule has 0 fully saturated rings. The molecule has 3 nitrogen and oxygen atoms in total. The van der Waals surface area contributed by atoms with Crippen LogP contribution in [-0.2, 0) is 34.0 Å². The van der Waals surface area contributed by atoms with E-state index >= 15 is 0 Å². The monoisotopic (exact) mass is 428 g/mol. The molecular weight excluding hydrogens is 396 g/mol. The molecule has 0 aliphatic heterocycles. The van der Waals surface area contributed by atoms with Crippen molar-refractivity contribution in [2.45, 2.75) is 51.5 Å². The Morgan fingerprint density at radius 1 is 0.594 bits per heavy atom. The fourth-order valence-corrected chi connectivity index (χ4v) is 4.10. The normalized spacial score (nSPS) is 23.0. The highest BCUT2D eigenvalue weighted by Crippen LogP contribution is 2.28. The summed E-state index contributed by atoms with van der Waals surface area (Å²) in [7, 11) is 0. The Morgan fingerprint density at radius 2 is 1.03 bits per heavy atom. The van der Waals surface area contributed by atoms with Crippen molar-refractivity contribution >= 4 is 0 Å². The van der Waals surface area contributed by atoms with E-state index in [1.807, 2.05) is 54.6 Å². The lowest BCUT2D eigenvalue weighted by Crippen LogP contribution is -2.44. The third-order valence-electron chi connectivity index (χ3n) is 5.89. The van der Waals surface area contributed by atoms with Crippen LogP contribution < -0.4 is 0 Å². The summed E-state index contributed by atoms with van der Waals surface area (Å²) in [5.74, 6) is 0.227. The predicted molar refractivity (Wildman–Crippen MR) is 128 cm³/mol. The molecule has 0 amide bonds. The van der Waals surface area contributed by atoms with E-state index in [0.29, 0.717) is 19.8 Å². The number of hydrogen-bond donors (Lipinski definition) is 0. The van der Waals surface area contributed by atoms with Gasteiger partial charge in [-0.1, -0.05) is 110 Å². The van der Waals surface area contributed by atoms with E-state index in [-0.39, 0.29) is 24.2 Å². The molecule has 0 aromatic heterocycles. The summed E-state index contributed by atoms with van der Waals surface area (Å²) in [5, 5.41) is 0. The van der Waals surface area contributed by atoms with Gasteiger partial charge in [0.1, 0.15) is 6.10 Å². The Bertz CT molecular complexity index is 940. The standard InChI is InChI=1S/C29H32O3/c1-23-12-11-19-27(30-20-24-13-5-2-6-14-24)29(32-22-26-17-9-4-10-18-26)28(23)31-21-25-15-7-3-8-16-25/h2-18,23,27-29H,19-22H2,1H3/t23-,27-,28-,29-/m0/s1. The van der Waals surface area contributed by atoms with Crippen LogP contribution in [0.25, 0.3) is 0 Å². The topological polar surface area (TPSA) is 27.7 Å². The van der Waals surface area contributed by atoms with Crippen molar-refractivity contribution < 1.29 is 14.2 Å². The fraction of sp³-hybridized carbons (Fsp3) is 0.310. The molecule has 4 rings (SSSR count). The molecule has 1 aliphatic rings. The maximum absolute atomic E-state index is 6.53. The van der Waals surface area contributed by atoms with E-state index in [2.05, 4.69) is 55.5 Å². The van der Waals surface area contributed by atoms with Crippen LogP contribution in [0.2, 0.25) is 0 Å². The zero-order chi connectivity index (χ0) is 22.0. The molecule has 0 saturated carbocycles. The summed E-state index contributed by atoms with van der Waals surface area (Å²) < 4.78 is 19.4. The first-order valence-electron chi connectivity index (χ1n) is 11.4. The molecule has 0 saturated heterocycles. The summed E-state index contributed by atoms with van der Waals surface area (Å²) in [6.07, 6.45) is 4.90. The van der Waals surface area contributed by atoms with Gasteiger partial charge < -0.3 is 14.2 Å². The van der Waals surface area contributed by atoms with E-state index < -0.39 is 0 Å². The number of hydrogen-bond acceptors (Lipinski definition) is 3. The van der Waals surface area contributed by atoms with Gasteiger partial charge in [0.05, 0.1) is 32.0 Å². The summed E-state index contributed by atoms with van der Waals surface area (Å²) in [6.45, 7) is 3.85. The van der Waals surface area contributed by atoms with Gasteiger partial charge in [0.2, 0.25) is 0 Å². The van der Waals surface area contributed by atoms with E-state index in [1.165, 1.54) is 0 Å². The first kappa shape index (κ1) is 22.5. The molecule has 166 valence electrons. The fourth-order valence-electron chi connectivity index (χ4n) is 4.10. The molecule has 0 bridgehead atoms. The second-order valence-electron chi connectivity index (χ2n) is 8.38. The van der Waals surface area contributed by atoms with Crippen molar-refractivity contribution in [2.24, 2.45) is 5.92 Å². The van der Waals surface area contributed by atoms with Crippen LogP contribution in [0.1, 0.15) is 30.0 Å². The zero-order valence-corrected chi connectivity index (χ0v) is 18.7. The summed E-state index contributed by atoms with van der Waals surface area (Å²) in [6, 6.07) is 30.9. The highest BCUT2D eigenvalue weighted by atomic mass is 16.6. The van der Waals surface area contributed by atoms with E-state index in [1.54, 1.807) is 0 Å². The van der Waals surface area contributed by atoms with E-state index in [0.717, 1.165) is 23.1 Å². The summed E-state index contributed by atoms with van der Waals surface area (Å²) in [4.78, 5) is 0. The molecule has 3 heteroatoms. The van der Waals surface area contributed by atoms with Crippen molar-refractivity contribution in [1.82, 2.24) is 0 Å². The Hall–Kier alpha value is -2.72. The molecule has 3 aromatic rings. The lowest BCUT2D eigenvalue weighted by atomic mass is 9.97. The molecule has 0 heterocycles. The maximum atomic E-state index is 6.53. The minimum atomic E-state index is -0.173. The highest BCUT2D eigenvalue weighted by molar-refractivity contribution is 5.16. The SMILES string of the molecule is C[C@H]1C=CC[C@H](OCc2ccccc2)[C@H](OCc2ccccc2)[C@H]1OCc1ccccc1. The third-order valence-corrected chi connectivity index (χ3v) is 5.89. The van der Waals surface area contributed by atoms with Crippen LogP contribution in [0.5, 0.6) is 0 Å². The molecule has 1 aliphatic carbocycles. The molecule has 0 spiro atoms. The third kappa shape index (κ3) is 6.39. The lowest BCUT2D eigenvalue weighted by molar-refractivity contribution is -0.157. The lowest BCUT2D eigenvalue weighted by Gasteiger charge is -2.34. The molecule has 0 unspecified atom stereocenters. The van der Waals surface area contributed by atoms with Crippen LogP contribution in [0.15, 0.2) is 103 Å².